The molecule has 1 aliphatic carbocycles. The number of nitrogens with zero attached hydrogens (tertiary/aromatic N) is 1. The summed E-state index contributed by atoms with van der Waals surface area (Å²) in [6, 6.07) is 2.29. The van der Waals surface area contributed by atoms with Gasteiger partial charge in [0.2, 0.25) is 5.91 Å². The van der Waals surface area contributed by atoms with Crippen LogP contribution < -0.4 is 5.32 Å². The van der Waals surface area contributed by atoms with Gasteiger partial charge in [-0.3, -0.25) is 4.79 Å². The van der Waals surface area contributed by atoms with Gasteiger partial charge < -0.3 is 5.32 Å². The number of rotatable bonds is 8. The fourth-order valence-electron chi connectivity index (χ4n) is 2.64. The zero-order chi connectivity index (χ0) is 13.3. The van der Waals surface area contributed by atoms with Gasteiger partial charge in [-0.2, -0.15) is 5.26 Å². The summed E-state index contributed by atoms with van der Waals surface area (Å²) in [7, 11) is 0. The van der Waals surface area contributed by atoms with Crippen LogP contribution in [0.4, 0.5) is 0 Å². The van der Waals surface area contributed by atoms with E-state index in [-0.39, 0.29) is 5.91 Å². The Labute approximate surface area is 111 Å². The molecule has 1 amide bonds. The Hall–Kier alpha value is -1.04. The molecule has 1 N–H and O–H groups in total. The number of nitrogens with one attached hydrogen (secondary N) is 1. The van der Waals surface area contributed by atoms with Gasteiger partial charge in [-0.25, -0.2) is 0 Å². The average Bonchev–Trinajstić information content (AvgIpc) is 2.83. The van der Waals surface area contributed by atoms with E-state index < -0.39 is 5.54 Å². The van der Waals surface area contributed by atoms with Crippen molar-refractivity contribution in [2.24, 2.45) is 0 Å². The minimum Gasteiger partial charge on any atom is -0.338 e. The van der Waals surface area contributed by atoms with Crippen LogP contribution in [0.2, 0.25) is 0 Å². The number of nitriles is 1. The molecule has 0 atom stereocenters. The van der Waals surface area contributed by atoms with Crippen LogP contribution >= 0.6 is 0 Å². The summed E-state index contributed by atoms with van der Waals surface area (Å²) in [5.41, 5.74) is -0.542. The summed E-state index contributed by atoms with van der Waals surface area (Å²) < 4.78 is 0. The van der Waals surface area contributed by atoms with Crippen LogP contribution in [0.25, 0.3) is 0 Å². The van der Waals surface area contributed by atoms with Gasteiger partial charge in [-0.05, 0) is 32.1 Å². The summed E-state index contributed by atoms with van der Waals surface area (Å²) >= 11 is 0. The van der Waals surface area contributed by atoms with Gasteiger partial charge >= 0.3 is 0 Å². The number of hydrogen-bond donors (Lipinski definition) is 1. The molecule has 0 heterocycles. The fraction of sp³-hybridized carbons (Fsp3) is 0.867. The maximum atomic E-state index is 11.8. The van der Waals surface area contributed by atoms with Gasteiger partial charge in [0, 0.05) is 6.42 Å². The van der Waals surface area contributed by atoms with E-state index in [1.807, 2.05) is 0 Å². The smallest absolute Gasteiger partial charge is 0.221 e. The Morgan fingerprint density at radius 2 is 1.78 bits per heavy atom. The molecule has 3 nitrogen and oxygen atoms in total. The topological polar surface area (TPSA) is 52.9 Å². The third-order valence-corrected chi connectivity index (χ3v) is 3.81. The second-order valence-electron chi connectivity index (χ2n) is 5.47. The molecule has 18 heavy (non-hydrogen) atoms. The lowest BCUT2D eigenvalue weighted by Gasteiger charge is -2.21. The van der Waals surface area contributed by atoms with Crippen LogP contribution in [-0.4, -0.2) is 11.4 Å². The van der Waals surface area contributed by atoms with E-state index in [0.717, 1.165) is 38.5 Å². The predicted molar refractivity (Wildman–Crippen MR) is 72.9 cm³/mol. The van der Waals surface area contributed by atoms with Gasteiger partial charge in [-0.15, -0.1) is 0 Å². The Bertz CT molecular complexity index is 287. The fourth-order valence-corrected chi connectivity index (χ4v) is 2.64. The summed E-state index contributed by atoms with van der Waals surface area (Å²) in [6.07, 6.45) is 11.5. The molecule has 1 rings (SSSR count). The molecule has 1 saturated carbocycles. The normalized spacial score (nSPS) is 17.3. The number of unbranched alkanes of at least 4 members (excludes halogenated alkanes) is 5. The Morgan fingerprint density at radius 1 is 1.17 bits per heavy atom. The van der Waals surface area contributed by atoms with E-state index in [2.05, 4.69) is 18.3 Å². The Morgan fingerprint density at radius 3 is 2.39 bits per heavy atom. The summed E-state index contributed by atoms with van der Waals surface area (Å²) in [5, 5.41) is 12.1. The molecule has 0 radical (unpaired) electrons. The van der Waals surface area contributed by atoms with Crippen LogP contribution in [0.15, 0.2) is 0 Å². The van der Waals surface area contributed by atoms with Crippen molar-refractivity contribution in [3.63, 3.8) is 0 Å². The van der Waals surface area contributed by atoms with Crippen molar-refractivity contribution in [3.05, 3.63) is 0 Å². The van der Waals surface area contributed by atoms with Gasteiger partial charge in [0.05, 0.1) is 6.07 Å². The number of carbonyl (C=O) groups excluding carboxylic acids is 1. The maximum absolute atomic E-state index is 11.8. The van der Waals surface area contributed by atoms with Crippen LogP contribution in [-0.2, 0) is 4.79 Å². The molecule has 0 aromatic rings. The van der Waals surface area contributed by atoms with Crippen molar-refractivity contribution in [1.29, 1.82) is 5.26 Å². The summed E-state index contributed by atoms with van der Waals surface area (Å²) in [5.74, 6) is 0.0638. The van der Waals surface area contributed by atoms with Crippen LogP contribution in [0.5, 0.6) is 0 Å². The third-order valence-electron chi connectivity index (χ3n) is 3.81. The maximum Gasteiger partial charge on any atom is 0.221 e. The molecule has 1 aliphatic rings. The number of hydrogen-bond acceptors (Lipinski definition) is 2. The molecule has 102 valence electrons. The van der Waals surface area contributed by atoms with Crippen molar-refractivity contribution in [2.75, 3.05) is 0 Å². The van der Waals surface area contributed by atoms with Crippen molar-refractivity contribution in [1.82, 2.24) is 5.32 Å². The first kappa shape index (κ1) is 15.0. The molecule has 0 unspecified atom stereocenters. The largest absolute Gasteiger partial charge is 0.338 e. The first-order valence-electron chi connectivity index (χ1n) is 7.45. The van der Waals surface area contributed by atoms with Crippen LogP contribution in [0, 0.1) is 11.3 Å². The number of carbonyl (C=O) groups is 1. The SMILES string of the molecule is CCCCCCCCC(=O)NC1(C#N)CCCC1. The van der Waals surface area contributed by atoms with E-state index in [1.165, 1.54) is 25.7 Å². The quantitative estimate of drug-likeness (QED) is 0.668. The second kappa shape index (κ2) is 8.13. The standard InChI is InChI=1S/C15H26N2O/c1-2-3-4-5-6-7-10-14(18)17-15(13-16)11-8-9-12-15/h2-12H2,1H3,(H,17,18). The second-order valence-corrected chi connectivity index (χ2v) is 5.47. The molecule has 0 spiro atoms. The van der Waals surface area contributed by atoms with E-state index in [9.17, 15) is 4.79 Å². The van der Waals surface area contributed by atoms with E-state index in [0.29, 0.717) is 6.42 Å². The Balaban J connectivity index is 2.12. The van der Waals surface area contributed by atoms with Crippen LogP contribution in [0.3, 0.4) is 0 Å². The van der Waals surface area contributed by atoms with Gasteiger partial charge in [0.15, 0.2) is 0 Å². The molecule has 3 heteroatoms. The minimum atomic E-state index is -0.542. The monoisotopic (exact) mass is 250 g/mol. The lowest BCUT2D eigenvalue weighted by Crippen LogP contribution is -2.44. The third kappa shape index (κ3) is 5.08. The van der Waals surface area contributed by atoms with Crippen molar-refractivity contribution in [3.8, 4) is 6.07 Å². The first-order valence-corrected chi connectivity index (χ1v) is 7.45. The summed E-state index contributed by atoms with van der Waals surface area (Å²) in [6.45, 7) is 2.20. The van der Waals surface area contributed by atoms with E-state index >= 15 is 0 Å². The van der Waals surface area contributed by atoms with Crippen molar-refractivity contribution in [2.45, 2.75) is 83.1 Å². The zero-order valence-electron chi connectivity index (χ0n) is 11.6. The molecular weight excluding hydrogens is 224 g/mol. The lowest BCUT2D eigenvalue weighted by atomic mass is 9.99. The highest BCUT2D eigenvalue weighted by molar-refractivity contribution is 5.77. The summed E-state index contributed by atoms with van der Waals surface area (Å²) in [4.78, 5) is 11.8. The van der Waals surface area contributed by atoms with Gasteiger partial charge in [0.25, 0.3) is 0 Å². The van der Waals surface area contributed by atoms with Gasteiger partial charge in [-0.1, -0.05) is 39.0 Å². The molecule has 1 fully saturated rings. The van der Waals surface area contributed by atoms with E-state index in [4.69, 9.17) is 5.26 Å². The molecular formula is C15H26N2O. The van der Waals surface area contributed by atoms with Gasteiger partial charge in [0.1, 0.15) is 5.54 Å². The lowest BCUT2D eigenvalue weighted by molar-refractivity contribution is -0.122. The van der Waals surface area contributed by atoms with Crippen LogP contribution in [0.1, 0.15) is 77.6 Å². The molecule has 0 aromatic heterocycles. The highest BCUT2D eigenvalue weighted by Crippen LogP contribution is 2.28. The molecule has 0 aromatic carbocycles. The van der Waals surface area contributed by atoms with Crippen molar-refractivity contribution >= 4 is 5.91 Å². The molecule has 0 aliphatic heterocycles. The molecule has 0 bridgehead atoms. The highest BCUT2D eigenvalue weighted by atomic mass is 16.1. The number of amides is 1. The Kier molecular flexibility index (Phi) is 6.78. The predicted octanol–water partition coefficient (Wildman–Crippen LogP) is 3.69. The first-order chi connectivity index (χ1) is 8.72. The van der Waals surface area contributed by atoms with E-state index in [1.54, 1.807) is 0 Å². The zero-order valence-corrected chi connectivity index (χ0v) is 11.6. The van der Waals surface area contributed by atoms with Crippen molar-refractivity contribution < 1.29 is 4.79 Å². The molecule has 0 saturated heterocycles. The minimum absolute atomic E-state index is 0.0638. The average molecular weight is 250 g/mol. The highest BCUT2D eigenvalue weighted by Gasteiger charge is 2.34.